The van der Waals surface area contributed by atoms with Gasteiger partial charge in [-0.3, -0.25) is 9.59 Å². The molecule has 0 spiro atoms. The van der Waals surface area contributed by atoms with Crippen LogP contribution in [0, 0.1) is 5.82 Å². The van der Waals surface area contributed by atoms with E-state index in [4.69, 9.17) is 4.74 Å². The van der Waals surface area contributed by atoms with Gasteiger partial charge < -0.3 is 9.64 Å². The van der Waals surface area contributed by atoms with Crippen molar-refractivity contribution in [2.75, 3.05) is 12.3 Å². The zero-order valence-corrected chi connectivity index (χ0v) is 16.8. The number of ether oxygens (including phenoxy) is 1. The molecule has 6 nitrogen and oxygen atoms in total. The Labute approximate surface area is 169 Å². The van der Waals surface area contributed by atoms with Crippen LogP contribution in [0.4, 0.5) is 4.39 Å². The van der Waals surface area contributed by atoms with Gasteiger partial charge in [-0.2, -0.15) is 0 Å². The Kier molecular flexibility index (Phi) is 6.32. The predicted octanol–water partition coefficient (Wildman–Crippen LogP) is 2.51. The Morgan fingerprint density at radius 2 is 1.76 bits per heavy atom. The molecular weight excluding hydrogens is 397 g/mol. The molecule has 1 amide bonds. The van der Waals surface area contributed by atoms with Crippen molar-refractivity contribution in [2.45, 2.75) is 37.3 Å². The van der Waals surface area contributed by atoms with Crippen molar-refractivity contribution in [3.8, 4) is 0 Å². The highest BCUT2D eigenvalue weighted by Crippen LogP contribution is 2.20. The Morgan fingerprint density at radius 3 is 2.45 bits per heavy atom. The summed E-state index contributed by atoms with van der Waals surface area (Å²) in [5.41, 5.74) is 2.27. The van der Waals surface area contributed by atoms with Crippen LogP contribution in [0.15, 0.2) is 53.4 Å². The molecule has 29 heavy (non-hydrogen) atoms. The van der Waals surface area contributed by atoms with Crippen molar-refractivity contribution in [3.05, 3.63) is 65.5 Å². The number of carbonyl (C=O) groups excluding carboxylic acids is 2. The van der Waals surface area contributed by atoms with Crippen LogP contribution in [0.2, 0.25) is 0 Å². The lowest BCUT2D eigenvalue weighted by Gasteiger charge is -2.30. The molecule has 0 bridgehead atoms. The molecule has 0 saturated carbocycles. The third-order valence-electron chi connectivity index (χ3n) is 4.85. The molecule has 0 fully saturated rings. The average Bonchev–Trinajstić information content (AvgIpc) is 2.71. The fraction of sp³-hybridized carbons (Fsp3) is 0.333. The Bertz CT molecular complexity index is 1000. The molecule has 1 aliphatic rings. The molecule has 0 unspecified atom stereocenters. The number of fused-ring (bicyclic) bond motifs is 1. The normalized spacial score (nSPS) is 14.8. The highest BCUT2D eigenvalue weighted by Gasteiger charge is 2.27. The molecule has 8 heteroatoms. The lowest BCUT2D eigenvalue weighted by molar-refractivity contribution is -0.159. The molecule has 1 atom stereocenters. The van der Waals surface area contributed by atoms with Crippen LogP contribution in [-0.4, -0.2) is 43.6 Å². The van der Waals surface area contributed by atoms with E-state index in [2.05, 4.69) is 0 Å². The molecule has 0 radical (unpaired) electrons. The Morgan fingerprint density at radius 1 is 1.10 bits per heavy atom. The summed E-state index contributed by atoms with van der Waals surface area (Å²) in [6, 6.07) is 12.3. The fourth-order valence-corrected chi connectivity index (χ4v) is 4.45. The predicted molar refractivity (Wildman–Crippen MR) is 104 cm³/mol. The minimum absolute atomic E-state index is 0.0668. The number of hydrogen-bond donors (Lipinski definition) is 0. The summed E-state index contributed by atoms with van der Waals surface area (Å²) in [7, 11) is -3.74. The van der Waals surface area contributed by atoms with E-state index in [1.54, 1.807) is 4.90 Å². The number of esters is 1. The number of hydrogen-bond acceptors (Lipinski definition) is 5. The van der Waals surface area contributed by atoms with E-state index in [0.29, 0.717) is 13.1 Å². The summed E-state index contributed by atoms with van der Waals surface area (Å²) < 4.78 is 42.5. The van der Waals surface area contributed by atoms with E-state index in [1.807, 2.05) is 24.3 Å². The van der Waals surface area contributed by atoms with E-state index in [-0.39, 0.29) is 17.2 Å². The van der Waals surface area contributed by atoms with Crippen LogP contribution in [0.5, 0.6) is 0 Å². The van der Waals surface area contributed by atoms with Gasteiger partial charge in [0.15, 0.2) is 15.9 Å². The topological polar surface area (TPSA) is 80.8 Å². The van der Waals surface area contributed by atoms with Gasteiger partial charge in [0.25, 0.3) is 5.91 Å². The van der Waals surface area contributed by atoms with Gasteiger partial charge in [0.2, 0.25) is 0 Å². The van der Waals surface area contributed by atoms with Gasteiger partial charge in [0.05, 0.1) is 17.1 Å². The smallest absolute Gasteiger partial charge is 0.307 e. The maximum atomic E-state index is 12.9. The van der Waals surface area contributed by atoms with E-state index in [1.165, 1.54) is 12.5 Å². The number of benzene rings is 2. The second-order valence-electron chi connectivity index (χ2n) is 6.93. The van der Waals surface area contributed by atoms with Gasteiger partial charge in [0, 0.05) is 13.1 Å². The van der Waals surface area contributed by atoms with Gasteiger partial charge >= 0.3 is 5.97 Å². The average molecular weight is 419 g/mol. The van der Waals surface area contributed by atoms with E-state index >= 15 is 0 Å². The first-order valence-electron chi connectivity index (χ1n) is 9.29. The molecule has 0 saturated heterocycles. The Balaban J connectivity index is 1.52. The molecule has 0 aliphatic carbocycles. The number of amides is 1. The standard InChI is InChI=1S/C21H22FNO5S/c1-15(21(25)23-12-10-16-4-2-3-5-17(16)14-23)28-20(24)11-13-29(26,27)19-8-6-18(22)7-9-19/h2-9,15H,10-14H2,1H3/t15-/m0/s1. The van der Waals surface area contributed by atoms with Crippen LogP contribution in [0.1, 0.15) is 24.5 Å². The monoisotopic (exact) mass is 419 g/mol. The highest BCUT2D eigenvalue weighted by molar-refractivity contribution is 7.91. The minimum atomic E-state index is -3.74. The first kappa shape index (κ1) is 21.0. The highest BCUT2D eigenvalue weighted by atomic mass is 32.2. The number of halogens is 1. The van der Waals surface area contributed by atoms with Crippen molar-refractivity contribution in [1.29, 1.82) is 0 Å². The van der Waals surface area contributed by atoms with Crippen LogP contribution in [0.25, 0.3) is 0 Å². The number of sulfone groups is 1. The molecule has 1 aliphatic heterocycles. The maximum Gasteiger partial charge on any atom is 0.307 e. The summed E-state index contributed by atoms with van der Waals surface area (Å²) in [5, 5.41) is 0. The second-order valence-corrected chi connectivity index (χ2v) is 9.04. The minimum Gasteiger partial charge on any atom is -0.453 e. The first-order valence-corrected chi connectivity index (χ1v) is 10.9. The molecule has 0 aromatic heterocycles. The summed E-state index contributed by atoms with van der Waals surface area (Å²) in [5.74, 6) is -2.10. The van der Waals surface area contributed by atoms with Gasteiger partial charge in [-0.05, 0) is 48.7 Å². The van der Waals surface area contributed by atoms with Crippen LogP contribution < -0.4 is 0 Å². The Hall–Kier alpha value is -2.74. The molecule has 2 aromatic carbocycles. The van der Waals surface area contributed by atoms with E-state index in [0.717, 1.165) is 36.2 Å². The van der Waals surface area contributed by atoms with Crippen molar-refractivity contribution < 1.29 is 27.1 Å². The summed E-state index contributed by atoms with van der Waals surface area (Å²) in [6.07, 6.45) is -0.653. The number of nitrogens with zero attached hydrogens (tertiary/aromatic N) is 1. The maximum absolute atomic E-state index is 12.9. The third-order valence-corrected chi connectivity index (χ3v) is 6.58. The SMILES string of the molecule is C[C@H](OC(=O)CCS(=O)(=O)c1ccc(F)cc1)C(=O)N1CCc2ccccc2C1. The quantitative estimate of drug-likeness (QED) is 0.531. The van der Waals surface area contributed by atoms with E-state index < -0.39 is 33.5 Å². The van der Waals surface area contributed by atoms with Crippen LogP contribution in [-0.2, 0) is 37.1 Å². The van der Waals surface area contributed by atoms with Gasteiger partial charge in [0.1, 0.15) is 5.82 Å². The van der Waals surface area contributed by atoms with Crippen molar-refractivity contribution in [3.63, 3.8) is 0 Å². The summed E-state index contributed by atoms with van der Waals surface area (Å²) >= 11 is 0. The molecule has 2 aromatic rings. The van der Waals surface area contributed by atoms with Crippen LogP contribution in [0.3, 0.4) is 0 Å². The fourth-order valence-electron chi connectivity index (χ4n) is 3.22. The first-order chi connectivity index (χ1) is 13.8. The molecular formula is C21H22FNO5S. The number of carbonyl (C=O) groups is 2. The molecule has 1 heterocycles. The largest absolute Gasteiger partial charge is 0.453 e. The van der Waals surface area contributed by atoms with Gasteiger partial charge in [-0.15, -0.1) is 0 Å². The lowest BCUT2D eigenvalue weighted by atomic mass is 9.99. The third kappa shape index (κ3) is 5.20. The zero-order chi connectivity index (χ0) is 21.0. The zero-order valence-electron chi connectivity index (χ0n) is 16.0. The molecule has 154 valence electrons. The van der Waals surface area contributed by atoms with Crippen molar-refractivity contribution in [1.82, 2.24) is 4.90 Å². The van der Waals surface area contributed by atoms with Gasteiger partial charge in [-0.1, -0.05) is 24.3 Å². The molecule has 0 N–H and O–H groups in total. The molecule has 3 rings (SSSR count). The van der Waals surface area contributed by atoms with E-state index in [9.17, 15) is 22.4 Å². The number of rotatable bonds is 6. The summed E-state index contributed by atoms with van der Waals surface area (Å²) in [6.45, 7) is 2.47. The summed E-state index contributed by atoms with van der Waals surface area (Å²) in [4.78, 5) is 26.2. The van der Waals surface area contributed by atoms with Crippen molar-refractivity contribution >= 4 is 21.7 Å². The van der Waals surface area contributed by atoms with Gasteiger partial charge in [-0.25, -0.2) is 12.8 Å². The second kappa shape index (κ2) is 8.73. The van der Waals surface area contributed by atoms with Crippen LogP contribution >= 0.6 is 0 Å². The lowest BCUT2D eigenvalue weighted by Crippen LogP contribution is -2.42. The van der Waals surface area contributed by atoms with Crippen molar-refractivity contribution in [2.24, 2.45) is 0 Å².